The number of aliphatic carboxylic acids is 1. The first-order valence-electron chi connectivity index (χ1n) is 8.15. The summed E-state index contributed by atoms with van der Waals surface area (Å²) in [5.41, 5.74) is 0. The smallest absolute Gasteiger partial charge is 1.00 e. The van der Waals surface area contributed by atoms with Crippen LogP contribution in [-0.4, -0.2) is 23.5 Å². The summed E-state index contributed by atoms with van der Waals surface area (Å²) in [5, 5.41) is 10.8. The molecule has 0 radical (unpaired) electrons. The van der Waals surface area contributed by atoms with Gasteiger partial charge in [0.05, 0.1) is 0 Å². The summed E-state index contributed by atoms with van der Waals surface area (Å²) in [6.07, 6.45) is 14.2. The Morgan fingerprint density at radius 1 is 0.857 bits per heavy atom. The summed E-state index contributed by atoms with van der Waals surface area (Å²) < 4.78 is 0. The van der Waals surface area contributed by atoms with E-state index in [-0.39, 0.29) is 43.4 Å². The maximum Gasteiger partial charge on any atom is 1.00 e. The van der Waals surface area contributed by atoms with E-state index in [4.69, 9.17) is 5.11 Å². The molecular weight excluding hydrogens is 277 g/mol. The number of carboxylic acids is 1. The fraction of sp³-hybridized carbons (Fsp3) is 0.875. The predicted octanol–water partition coefficient (Wildman–Crippen LogP) is 1.00. The molecule has 5 heteroatoms. The Balaban J connectivity index is -0.00000180. The molecule has 21 heavy (non-hydrogen) atoms. The number of hydrogen-bond donors (Lipinski definition) is 2. The maximum atomic E-state index is 11.2. The summed E-state index contributed by atoms with van der Waals surface area (Å²) in [6.45, 7) is 1.97. The number of carboxylic acid groups (broad SMARTS) is 1. The van der Waals surface area contributed by atoms with Crippen LogP contribution in [0.25, 0.3) is 0 Å². The molecule has 0 aromatic carbocycles. The van der Waals surface area contributed by atoms with Crippen LogP contribution in [0.4, 0.5) is 0 Å². The molecule has 0 aliphatic rings. The second kappa shape index (κ2) is 18.0. The first-order valence-corrected chi connectivity index (χ1v) is 8.15. The first-order chi connectivity index (χ1) is 9.66. The number of carbonyl (C=O) groups excluding carboxylic acids is 1. The van der Waals surface area contributed by atoms with Crippen LogP contribution in [0.15, 0.2) is 0 Å². The van der Waals surface area contributed by atoms with Crippen molar-refractivity contribution in [2.45, 2.75) is 84.0 Å². The standard InChI is InChI=1S/C16H31NO3.Na.H/c1-2-3-4-5-6-7-8-9-10-11-12-13-15(18)17-14-16(19)20;;/h2-14H2,1H3,(H,17,18)(H,19,20);;/q;+1;-1. The zero-order valence-corrected chi connectivity index (χ0v) is 16.0. The molecule has 0 heterocycles. The van der Waals surface area contributed by atoms with Crippen molar-refractivity contribution in [3.05, 3.63) is 0 Å². The van der Waals surface area contributed by atoms with Crippen molar-refractivity contribution in [1.82, 2.24) is 5.32 Å². The van der Waals surface area contributed by atoms with Crippen molar-refractivity contribution in [2.24, 2.45) is 0 Å². The van der Waals surface area contributed by atoms with Gasteiger partial charge in [0.15, 0.2) is 0 Å². The van der Waals surface area contributed by atoms with Crippen LogP contribution in [0.3, 0.4) is 0 Å². The van der Waals surface area contributed by atoms with Crippen LogP contribution in [0.5, 0.6) is 0 Å². The summed E-state index contributed by atoms with van der Waals surface area (Å²) in [4.78, 5) is 21.5. The summed E-state index contributed by atoms with van der Waals surface area (Å²) in [5.74, 6) is -1.14. The minimum atomic E-state index is -0.989. The van der Waals surface area contributed by atoms with Gasteiger partial charge in [-0.3, -0.25) is 9.59 Å². The number of nitrogens with one attached hydrogen (secondary N) is 1. The molecule has 0 saturated carbocycles. The van der Waals surface area contributed by atoms with Crippen molar-refractivity contribution >= 4 is 11.9 Å². The minimum absolute atomic E-state index is 0. The molecule has 0 fully saturated rings. The molecule has 0 saturated heterocycles. The fourth-order valence-electron chi connectivity index (χ4n) is 2.21. The van der Waals surface area contributed by atoms with E-state index in [1.54, 1.807) is 0 Å². The molecule has 0 aromatic rings. The van der Waals surface area contributed by atoms with E-state index in [1.807, 2.05) is 0 Å². The SMILES string of the molecule is CCCCCCCCCCCCCC(=O)NCC(=O)O.[H-].[Na+]. The largest absolute Gasteiger partial charge is 1.00 e. The summed E-state index contributed by atoms with van der Waals surface area (Å²) in [6, 6.07) is 0. The van der Waals surface area contributed by atoms with Crippen LogP contribution >= 0.6 is 0 Å². The van der Waals surface area contributed by atoms with Gasteiger partial charge in [0, 0.05) is 6.42 Å². The number of rotatable bonds is 14. The number of amides is 1. The van der Waals surface area contributed by atoms with Gasteiger partial charge in [0.2, 0.25) is 5.91 Å². The van der Waals surface area contributed by atoms with Gasteiger partial charge in [-0.1, -0.05) is 71.1 Å². The van der Waals surface area contributed by atoms with Gasteiger partial charge in [0.25, 0.3) is 0 Å². The van der Waals surface area contributed by atoms with Crippen LogP contribution in [0.1, 0.15) is 85.4 Å². The Hall–Kier alpha value is -0.0600. The van der Waals surface area contributed by atoms with Gasteiger partial charge >= 0.3 is 35.5 Å². The quantitative estimate of drug-likeness (QED) is 0.372. The van der Waals surface area contributed by atoms with Crippen molar-refractivity contribution in [1.29, 1.82) is 0 Å². The zero-order chi connectivity index (χ0) is 15.1. The number of hydrogen-bond acceptors (Lipinski definition) is 2. The molecule has 0 rings (SSSR count). The van der Waals surface area contributed by atoms with Gasteiger partial charge in [-0.15, -0.1) is 0 Å². The monoisotopic (exact) mass is 309 g/mol. The van der Waals surface area contributed by atoms with E-state index in [0.29, 0.717) is 6.42 Å². The Bertz CT molecular complexity index is 266. The molecule has 1 amide bonds. The molecule has 0 atom stereocenters. The number of carbonyl (C=O) groups is 2. The molecule has 0 aromatic heterocycles. The second-order valence-corrected chi connectivity index (χ2v) is 5.46. The van der Waals surface area contributed by atoms with Crippen molar-refractivity contribution in [3.63, 3.8) is 0 Å². The van der Waals surface area contributed by atoms with E-state index in [0.717, 1.165) is 12.8 Å². The molecule has 0 bridgehead atoms. The zero-order valence-electron chi connectivity index (χ0n) is 15.0. The van der Waals surface area contributed by atoms with E-state index < -0.39 is 5.97 Å². The second-order valence-electron chi connectivity index (χ2n) is 5.46. The third kappa shape index (κ3) is 19.9. The topological polar surface area (TPSA) is 66.4 Å². The third-order valence-corrected chi connectivity index (χ3v) is 3.44. The molecule has 0 aliphatic heterocycles. The Kier molecular flexibility index (Phi) is 19.9. The minimum Gasteiger partial charge on any atom is -1.00 e. The van der Waals surface area contributed by atoms with Gasteiger partial charge in [-0.25, -0.2) is 0 Å². The Morgan fingerprint density at radius 2 is 1.29 bits per heavy atom. The molecular formula is C16H32NNaO3. The van der Waals surface area contributed by atoms with Gasteiger partial charge in [0.1, 0.15) is 6.54 Å². The van der Waals surface area contributed by atoms with Crippen molar-refractivity contribution in [3.8, 4) is 0 Å². The maximum absolute atomic E-state index is 11.2. The van der Waals surface area contributed by atoms with Crippen molar-refractivity contribution < 1.29 is 45.7 Å². The van der Waals surface area contributed by atoms with E-state index in [2.05, 4.69) is 12.2 Å². The molecule has 120 valence electrons. The third-order valence-electron chi connectivity index (χ3n) is 3.44. The number of unbranched alkanes of at least 4 members (excludes halogenated alkanes) is 10. The van der Waals surface area contributed by atoms with Gasteiger partial charge in [-0.05, 0) is 6.42 Å². The molecule has 0 aliphatic carbocycles. The summed E-state index contributed by atoms with van der Waals surface area (Å²) in [7, 11) is 0. The fourth-order valence-corrected chi connectivity index (χ4v) is 2.21. The average molecular weight is 309 g/mol. The first kappa shape index (κ1) is 23.2. The molecule has 2 N–H and O–H groups in total. The van der Waals surface area contributed by atoms with Crippen LogP contribution in [-0.2, 0) is 9.59 Å². The van der Waals surface area contributed by atoms with E-state index in [9.17, 15) is 9.59 Å². The Morgan fingerprint density at radius 3 is 1.71 bits per heavy atom. The van der Waals surface area contributed by atoms with Gasteiger partial charge < -0.3 is 11.8 Å². The normalized spacial score (nSPS) is 9.95. The van der Waals surface area contributed by atoms with Crippen LogP contribution in [0.2, 0.25) is 0 Å². The van der Waals surface area contributed by atoms with Crippen LogP contribution in [0, 0.1) is 0 Å². The Labute approximate surface area is 153 Å². The average Bonchev–Trinajstić information content (AvgIpc) is 2.42. The van der Waals surface area contributed by atoms with E-state index >= 15 is 0 Å². The summed E-state index contributed by atoms with van der Waals surface area (Å²) >= 11 is 0. The van der Waals surface area contributed by atoms with E-state index in [1.165, 1.54) is 57.8 Å². The van der Waals surface area contributed by atoms with Crippen molar-refractivity contribution in [2.75, 3.05) is 6.54 Å². The van der Waals surface area contributed by atoms with Crippen LogP contribution < -0.4 is 34.9 Å². The molecule has 0 spiro atoms. The van der Waals surface area contributed by atoms with Gasteiger partial charge in [-0.2, -0.15) is 0 Å². The predicted molar refractivity (Wildman–Crippen MR) is 82.8 cm³/mol. The molecule has 4 nitrogen and oxygen atoms in total. The molecule has 0 unspecified atom stereocenters.